The predicted molar refractivity (Wildman–Crippen MR) is 132 cm³/mol. The standard InChI is InChI=1S/C25H21FN8O3/c1-36-16-6-4-15(5-7-16)34-22(11-21(33-34)14-2-3-14)32-25(35)31-20-9-8-17(10-19(20)26)37-24-18(12-27)23(28)29-13-30-24/h4-11,13-14H,2-3H2,1H3,(H2,28,29,30)(H2,31,32,35). The van der Waals surface area contributed by atoms with Crippen molar-refractivity contribution in [2.45, 2.75) is 18.8 Å². The summed E-state index contributed by atoms with van der Waals surface area (Å²) in [5.74, 6) is 0.642. The molecule has 0 bridgehead atoms. The second-order valence-electron chi connectivity index (χ2n) is 8.21. The van der Waals surface area contributed by atoms with Crippen molar-refractivity contribution < 1.29 is 18.7 Å². The number of nitrogens with one attached hydrogen (secondary N) is 2. The highest BCUT2D eigenvalue weighted by molar-refractivity contribution is 5.99. The molecule has 0 spiro atoms. The van der Waals surface area contributed by atoms with Gasteiger partial charge in [0.2, 0.25) is 5.88 Å². The smallest absolute Gasteiger partial charge is 0.324 e. The third-order valence-electron chi connectivity index (χ3n) is 5.64. The molecule has 1 aliphatic carbocycles. The van der Waals surface area contributed by atoms with Crippen molar-refractivity contribution in [1.82, 2.24) is 19.7 Å². The lowest BCUT2D eigenvalue weighted by Crippen LogP contribution is -2.22. The molecule has 1 saturated carbocycles. The zero-order chi connectivity index (χ0) is 25.9. The Hall–Kier alpha value is -5.18. The SMILES string of the molecule is COc1ccc(-n2nc(C3CC3)cc2NC(=O)Nc2ccc(Oc3ncnc(N)c3C#N)cc2F)cc1. The molecule has 2 aromatic carbocycles. The largest absolute Gasteiger partial charge is 0.497 e. The Morgan fingerprint density at radius 3 is 2.57 bits per heavy atom. The summed E-state index contributed by atoms with van der Waals surface area (Å²) in [5, 5.41) is 19.1. The minimum absolute atomic E-state index is 0.0540. The van der Waals surface area contributed by atoms with Gasteiger partial charge in [-0.15, -0.1) is 0 Å². The van der Waals surface area contributed by atoms with E-state index in [1.807, 2.05) is 24.3 Å². The normalized spacial score (nSPS) is 12.5. The van der Waals surface area contributed by atoms with Crippen LogP contribution in [-0.2, 0) is 0 Å². The monoisotopic (exact) mass is 500 g/mol. The van der Waals surface area contributed by atoms with Gasteiger partial charge < -0.3 is 20.5 Å². The van der Waals surface area contributed by atoms with Crippen LogP contribution in [-0.4, -0.2) is 32.9 Å². The summed E-state index contributed by atoms with van der Waals surface area (Å²) in [4.78, 5) is 20.3. The molecule has 37 heavy (non-hydrogen) atoms. The van der Waals surface area contributed by atoms with E-state index in [-0.39, 0.29) is 28.7 Å². The number of hydrogen-bond donors (Lipinski definition) is 3. The highest BCUT2D eigenvalue weighted by atomic mass is 19.1. The topological polar surface area (TPSA) is 153 Å². The lowest BCUT2D eigenvalue weighted by atomic mass is 10.2. The van der Waals surface area contributed by atoms with E-state index in [9.17, 15) is 14.4 Å². The molecule has 4 aromatic rings. The number of aromatic nitrogens is 4. The van der Waals surface area contributed by atoms with Crippen molar-refractivity contribution in [2.24, 2.45) is 0 Å². The van der Waals surface area contributed by atoms with Gasteiger partial charge in [-0.2, -0.15) is 10.4 Å². The van der Waals surface area contributed by atoms with Crippen LogP contribution in [0.2, 0.25) is 0 Å². The van der Waals surface area contributed by atoms with E-state index in [2.05, 4.69) is 25.7 Å². The highest BCUT2D eigenvalue weighted by Gasteiger charge is 2.28. The minimum atomic E-state index is -0.754. The van der Waals surface area contributed by atoms with E-state index in [1.165, 1.54) is 12.1 Å². The molecule has 2 heterocycles. The van der Waals surface area contributed by atoms with Crippen molar-refractivity contribution in [3.63, 3.8) is 0 Å². The first kappa shape index (κ1) is 23.6. The van der Waals surface area contributed by atoms with Gasteiger partial charge in [-0.1, -0.05) is 0 Å². The number of halogens is 1. The van der Waals surface area contributed by atoms with Crippen LogP contribution in [0.4, 0.5) is 26.5 Å². The summed E-state index contributed by atoms with van der Waals surface area (Å²) in [6, 6.07) is 14.1. The number of methoxy groups -OCH3 is 1. The molecule has 186 valence electrons. The van der Waals surface area contributed by atoms with Gasteiger partial charge in [-0.05, 0) is 49.2 Å². The van der Waals surface area contributed by atoms with Crippen LogP contribution < -0.4 is 25.8 Å². The van der Waals surface area contributed by atoms with Crippen molar-refractivity contribution in [1.29, 1.82) is 5.26 Å². The summed E-state index contributed by atoms with van der Waals surface area (Å²) in [6.07, 6.45) is 3.22. The van der Waals surface area contributed by atoms with Crippen molar-refractivity contribution in [3.05, 3.63) is 71.9 Å². The number of carbonyl (C=O) groups excluding carboxylic acids is 1. The van der Waals surface area contributed by atoms with E-state index in [1.54, 1.807) is 23.9 Å². The van der Waals surface area contributed by atoms with Crippen LogP contribution in [0.25, 0.3) is 5.69 Å². The Bertz CT molecular complexity index is 1510. The van der Waals surface area contributed by atoms with Gasteiger partial charge in [0.15, 0.2) is 5.56 Å². The number of anilines is 3. The predicted octanol–water partition coefficient (Wildman–Crippen LogP) is 4.58. The van der Waals surface area contributed by atoms with Crippen molar-refractivity contribution in [2.75, 3.05) is 23.5 Å². The Morgan fingerprint density at radius 2 is 1.89 bits per heavy atom. The Balaban J connectivity index is 1.32. The second kappa shape index (κ2) is 9.82. The van der Waals surface area contributed by atoms with Crippen LogP contribution in [0.3, 0.4) is 0 Å². The fourth-order valence-corrected chi connectivity index (χ4v) is 3.59. The molecular weight excluding hydrogens is 479 g/mol. The zero-order valence-corrected chi connectivity index (χ0v) is 19.6. The molecule has 0 radical (unpaired) electrons. The highest BCUT2D eigenvalue weighted by Crippen LogP contribution is 2.40. The average Bonchev–Trinajstić information content (AvgIpc) is 3.66. The Morgan fingerprint density at radius 1 is 1.14 bits per heavy atom. The van der Waals surface area contributed by atoms with E-state index in [4.69, 9.17) is 15.2 Å². The number of nitrogen functional groups attached to an aromatic ring is 1. The summed E-state index contributed by atoms with van der Waals surface area (Å²) in [7, 11) is 1.58. The number of nitrogens with two attached hydrogens (primary N) is 1. The molecule has 0 aliphatic heterocycles. The number of ether oxygens (including phenoxy) is 2. The number of rotatable bonds is 7. The van der Waals surface area contributed by atoms with Crippen molar-refractivity contribution in [3.8, 4) is 29.1 Å². The summed E-state index contributed by atoms with van der Waals surface area (Å²) >= 11 is 0. The first-order valence-corrected chi connectivity index (χ1v) is 11.3. The molecule has 11 nitrogen and oxygen atoms in total. The van der Waals surface area contributed by atoms with Crippen LogP contribution in [0.15, 0.2) is 54.9 Å². The number of urea groups is 1. The molecule has 1 fully saturated rings. The maximum absolute atomic E-state index is 14.8. The lowest BCUT2D eigenvalue weighted by molar-refractivity contribution is 0.262. The number of benzene rings is 2. The number of nitrogens with zero attached hydrogens (tertiary/aromatic N) is 5. The van der Waals surface area contributed by atoms with Gasteiger partial charge in [-0.3, -0.25) is 5.32 Å². The number of amides is 2. The maximum Gasteiger partial charge on any atom is 0.324 e. The second-order valence-corrected chi connectivity index (χ2v) is 8.21. The van der Waals surface area contributed by atoms with E-state index < -0.39 is 11.8 Å². The van der Waals surface area contributed by atoms with E-state index in [0.29, 0.717) is 17.5 Å². The summed E-state index contributed by atoms with van der Waals surface area (Å²) in [5.41, 5.74) is 7.11. The van der Waals surface area contributed by atoms with Crippen LogP contribution in [0, 0.1) is 17.1 Å². The van der Waals surface area contributed by atoms with Gasteiger partial charge in [-0.25, -0.2) is 23.8 Å². The van der Waals surface area contributed by atoms with Crippen LogP contribution >= 0.6 is 0 Å². The third-order valence-corrected chi connectivity index (χ3v) is 5.64. The van der Waals surface area contributed by atoms with Crippen LogP contribution in [0.1, 0.15) is 30.0 Å². The number of nitriles is 1. The zero-order valence-electron chi connectivity index (χ0n) is 19.6. The van der Waals surface area contributed by atoms with Gasteiger partial charge in [0.05, 0.1) is 24.2 Å². The van der Waals surface area contributed by atoms with Gasteiger partial charge >= 0.3 is 6.03 Å². The number of carbonyl (C=O) groups is 1. The fourth-order valence-electron chi connectivity index (χ4n) is 3.59. The van der Waals surface area contributed by atoms with E-state index in [0.717, 1.165) is 36.6 Å². The first-order valence-electron chi connectivity index (χ1n) is 11.3. The van der Waals surface area contributed by atoms with Crippen LogP contribution in [0.5, 0.6) is 17.4 Å². The molecule has 0 saturated heterocycles. The first-order chi connectivity index (χ1) is 17.9. The molecule has 2 aromatic heterocycles. The quantitative estimate of drug-likeness (QED) is 0.333. The molecule has 4 N–H and O–H groups in total. The van der Waals surface area contributed by atoms with Gasteiger partial charge in [0, 0.05) is 18.1 Å². The lowest BCUT2D eigenvalue weighted by Gasteiger charge is -2.12. The Kier molecular flexibility index (Phi) is 6.25. The molecule has 2 amide bonds. The van der Waals surface area contributed by atoms with Crippen molar-refractivity contribution >= 4 is 23.4 Å². The maximum atomic E-state index is 14.8. The number of hydrogen-bond acceptors (Lipinski definition) is 8. The summed E-state index contributed by atoms with van der Waals surface area (Å²) in [6.45, 7) is 0. The molecule has 1 aliphatic rings. The molecule has 5 rings (SSSR count). The minimum Gasteiger partial charge on any atom is -0.497 e. The van der Waals surface area contributed by atoms with E-state index >= 15 is 0 Å². The van der Waals surface area contributed by atoms with Gasteiger partial charge in [0.1, 0.15) is 41.3 Å². The molecule has 0 unspecified atom stereocenters. The molecule has 12 heteroatoms. The third kappa shape index (κ3) is 5.10. The average molecular weight is 500 g/mol. The molecular formula is C25H21FN8O3. The fraction of sp³-hybridized carbons (Fsp3) is 0.160. The summed E-state index contributed by atoms with van der Waals surface area (Å²) < 4.78 is 27.1. The Labute approximate surface area is 210 Å². The van der Waals surface area contributed by atoms with Gasteiger partial charge in [0.25, 0.3) is 0 Å². The molecule has 0 atom stereocenters.